The number of unbranched alkanes of at least 4 members (excludes halogenated alkanes) is 1. The van der Waals surface area contributed by atoms with Gasteiger partial charge in [-0.05, 0) is 44.2 Å². The Labute approximate surface area is 101 Å². The van der Waals surface area contributed by atoms with E-state index < -0.39 is 0 Å². The van der Waals surface area contributed by atoms with Crippen molar-refractivity contribution in [3.63, 3.8) is 0 Å². The zero-order valence-corrected chi connectivity index (χ0v) is 11.5. The number of hydrogen-bond acceptors (Lipinski definition) is 2. The number of rotatable bonds is 5. The molecule has 0 saturated heterocycles. The number of aliphatic hydroxyl groups excluding tert-OH is 1. The highest BCUT2D eigenvalue weighted by molar-refractivity contribution is 4.89. The molecule has 0 aromatic carbocycles. The lowest BCUT2D eigenvalue weighted by Crippen LogP contribution is -2.44. The topological polar surface area (TPSA) is 23.5 Å². The van der Waals surface area contributed by atoms with Gasteiger partial charge in [0, 0.05) is 6.54 Å². The average molecular weight is 227 g/mol. The molecule has 0 heterocycles. The molecule has 1 fully saturated rings. The first-order valence-electron chi connectivity index (χ1n) is 6.84. The van der Waals surface area contributed by atoms with Crippen molar-refractivity contribution in [2.45, 2.75) is 59.0 Å². The van der Waals surface area contributed by atoms with Crippen molar-refractivity contribution in [1.29, 1.82) is 0 Å². The summed E-state index contributed by atoms with van der Waals surface area (Å²) in [6.07, 6.45) is 6.04. The fraction of sp³-hybridized carbons (Fsp3) is 1.00. The van der Waals surface area contributed by atoms with Gasteiger partial charge in [0.05, 0.1) is 6.10 Å². The molecule has 16 heavy (non-hydrogen) atoms. The smallest absolute Gasteiger partial charge is 0.0631 e. The first kappa shape index (κ1) is 14.0. The van der Waals surface area contributed by atoms with Crippen LogP contribution in [0.2, 0.25) is 0 Å². The van der Waals surface area contributed by atoms with Crippen LogP contribution < -0.4 is 0 Å². The summed E-state index contributed by atoms with van der Waals surface area (Å²) < 4.78 is 0. The van der Waals surface area contributed by atoms with Crippen LogP contribution in [0.3, 0.4) is 0 Å². The van der Waals surface area contributed by atoms with Gasteiger partial charge >= 0.3 is 0 Å². The molecule has 1 aliphatic rings. The fourth-order valence-electron chi connectivity index (χ4n) is 2.87. The van der Waals surface area contributed by atoms with Gasteiger partial charge in [0.2, 0.25) is 0 Å². The van der Waals surface area contributed by atoms with Crippen molar-refractivity contribution in [2.24, 2.45) is 11.3 Å². The van der Waals surface area contributed by atoms with E-state index in [1.54, 1.807) is 0 Å². The molecule has 2 heteroatoms. The third-order valence-corrected chi connectivity index (χ3v) is 4.08. The van der Waals surface area contributed by atoms with Gasteiger partial charge in [0.25, 0.3) is 0 Å². The van der Waals surface area contributed by atoms with Crippen molar-refractivity contribution in [3.8, 4) is 0 Å². The third-order valence-electron chi connectivity index (χ3n) is 4.08. The van der Waals surface area contributed by atoms with E-state index in [1.165, 1.54) is 38.6 Å². The maximum Gasteiger partial charge on any atom is 0.0631 e. The summed E-state index contributed by atoms with van der Waals surface area (Å²) in [4.78, 5) is 2.39. The maximum atomic E-state index is 10.3. The van der Waals surface area contributed by atoms with E-state index in [0.717, 1.165) is 6.54 Å². The van der Waals surface area contributed by atoms with Crippen LogP contribution in [0.25, 0.3) is 0 Å². The largest absolute Gasteiger partial charge is 0.392 e. The molecule has 0 bridgehead atoms. The molecule has 0 amide bonds. The Bertz CT molecular complexity index is 203. The van der Waals surface area contributed by atoms with Gasteiger partial charge in [-0.3, -0.25) is 0 Å². The molecule has 2 unspecified atom stereocenters. The molecule has 1 N–H and O–H groups in total. The van der Waals surface area contributed by atoms with E-state index in [4.69, 9.17) is 0 Å². The second-order valence-corrected chi connectivity index (χ2v) is 6.20. The normalized spacial score (nSPS) is 29.6. The second-order valence-electron chi connectivity index (χ2n) is 6.20. The first-order valence-corrected chi connectivity index (χ1v) is 6.84. The summed E-state index contributed by atoms with van der Waals surface area (Å²) in [5, 5.41) is 10.3. The molecule has 1 aliphatic carbocycles. The zero-order valence-electron chi connectivity index (χ0n) is 11.5. The molecule has 0 spiro atoms. The molecule has 0 aromatic heterocycles. The molecular formula is C14H29NO. The van der Waals surface area contributed by atoms with Crippen LogP contribution in [0.1, 0.15) is 52.9 Å². The number of nitrogens with zero attached hydrogens (tertiary/aromatic N) is 1. The Morgan fingerprint density at radius 3 is 2.69 bits per heavy atom. The van der Waals surface area contributed by atoms with Crippen LogP contribution >= 0.6 is 0 Å². The second kappa shape index (κ2) is 6.02. The summed E-state index contributed by atoms with van der Waals surface area (Å²) in [7, 11) is 2.18. The Balaban J connectivity index is 2.41. The molecule has 2 atom stereocenters. The van der Waals surface area contributed by atoms with Crippen LogP contribution in [0.15, 0.2) is 0 Å². The SMILES string of the molecule is CCCCN(C)CC1CCCC(C)(C)C1O. The molecule has 2 nitrogen and oxygen atoms in total. The highest BCUT2D eigenvalue weighted by Gasteiger charge is 2.37. The van der Waals surface area contributed by atoms with Crippen molar-refractivity contribution in [3.05, 3.63) is 0 Å². The Morgan fingerprint density at radius 1 is 1.38 bits per heavy atom. The van der Waals surface area contributed by atoms with Gasteiger partial charge in [-0.2, -0.15) is 0 Å². The number of aliphatic hydroxyl groups is 1. The van der Waals surface area contributed by atoms with Crippen LogP contribution in [0.4, 0.5) is 0 Å². The minimum absolute atomic E-state index is 0.120. The van der Waals surface area contributed by atoms with Crippen LogP contribution in [-0.2, 0) is 0 Å². The van der Waals surface area contributed by atoms with Crippen molar-refractivity contribution in [1.82, 2.24) is 4.90 Å². The van der Waals surface area contributed by atoms with Gasteiger partial charge in [-0.25, -0.2) is 0 Å². The van der Waals surface area contributed by atoms with Crippen molar-refractivity contribution in [2.75, 3.05) is 20.1 Å². The highest BCUT2D eigenvalue weighted by atomic mass is 16.3. The monoisotopic (exact) mass is 227 g/mol. The van der Waals surface area contributed by atoms with E-state index in [1.807, 2.05) is 0 Å². The molecule has 1 saturated carbocycles. The Kier molecular flexibility index (Phi) is 5.26. The molecule has 96 valence electrons. The van der Waals surface area contributed by atoms with Gasteiger partial charge < -0.3 is 10.0 Å². The molecule has 0 aromatic rings. The summed E-state index contributed by atoms with van der Waals surface area (Å²) in [6.45, 7) is 8.86. The molecule has 1 rings (SSSR count). The van der Waals surface area contributed by atoms with Crippen LogP contribution in [-0.4, -0.2) is 36.2 Å². The van der Waals surface area contributed by atoms with E-state index in [-0.39, 0.29) is 11.5 Å². The van der Waals surface area contributed by atoms with E-state index >= 15 is 0 Å². The standard InChI is InChI=1S/C14H29NO/c1-5-6-10-15(4)11-12-8-7-9-14(2,3)13(12)16/h12-13,16H,5-11H2,1-4H3. The predicted molar refractivity (Wildman–Crippen MR) is 69.5 cm³/mol. The lowest BCUT2D eigenvalue weighted by atomic mass is 9.69. The first-order chi connectivity index (χ1) is 7.47. The van der Waals surface area contributed by atoms with Gasteiger partial charge in [0.1, 0.15) is 0 Å². The van der Waals surface area contributed by atoms with Crippen LogP contribution in [0.5, 0.6) is 0 Å². The third kappa shape index (κ3) is 3.74. The van der Waals surface area contributed by atoms with Gasteiger partial charge in [0.15, 0.2) is 0 Å². The zero-order chi connectivity index (χ0) is 12.2. The summed E-state index contributed by atoms with van der Waals surface area (Å²) in [5.74, 6) is 0.477. The average Bonchev–Trinajstić information content (AvgIpc) is 2.22. The molecule has 0 radical (unpaired) electrons. The van der Waals surface area contributed by atoms with E-state index in [0.29, 0.717) is 5.92 Å². The lowest BCUT2D eigenvalue weighted by molar-refractivity contribution is -0.0409. The summed E-state index contributed by atoms with van der Waals surface area (Å²) in [6, 6.07) is 0. The minimum atomic E-state index is -0.120. The number of hydrogen-bond donors (Lipinski definition) is 1. The van der Waals surface area contributed by atoms with Gasteiger partial charge in [-0.15, -0.1) is 0 Å². The lowest BCUT2D eigenvalue weighted by Gasteiger charge is -2.42. The minimum Gasteiger partial charge on any atom is -0.392 e. The summed E-state index contributed by atoms with van der Waals surface area (Å²) >= 11 is 0. The fourth-order valence-corrected chi connectivity index (χ4v) is 2.87. The maximum absolute atomic E-state index is 10.3. The Morgan fingerprint density at radius 2 is 2.06 bits per heavy atom. The Hall–Kier alpha value is -0.0800. The quantitative estimate of drug-likeness (QED) is 0.780. The van der Waals surface area contributed by atoms with E-state index in [2.05, 4.69) is 32.7 Å². The van der Waals surface area contributed by atoms with Crippen molar-refractivity contribution >= 4 is 0 Å². The highest BCUT2D eigenvalue weighted by Crippen LogP contribution is 2.39. The molecular weight excluding hydrogens is 198 g/mol. The predicted octanol–water partition coefficient (Wildman–Crippen LogP) is 2.91. The molecule has 0 aliphatic heterocycles. The van der Waals surface area contributed by atoms with Crippen molar-refractivity contribution < 1.29 is 5.11 Å². The van der Waals surface area contributed by atoms with Gasteiger partial charge in [-0.1, -0.05) is 33.6 Å². The van der Waals surface area contributed by atoms with E-state index in [9.17, 15) is 5.11 Å². The summed E-state index contributed by atoms with van der Waals surface area (Å²) in [5.41, 5.74) is 0.120. The van der Waals surface area contributed by atoms with Crippen LogP contribution in [0, 0.1) is 11.3 Å².